The highest BCUT2D eigenvalue weighted by molar-refractivity contribution is 5.73. The fourth-order valence-corrected chi connectivity index (χ4v) is 1.74. The first kappa shape index (κ1) is 14.2. The van der Waals surface area contributed by atoms with Crippen molar-refractivity contribution < 1.29 is 14.7 Å². The molecule has 0 aliphatic heterocycles. The number of carbonyl (C=O) groups excluding carboxylic acids is 1. The van der Waals surface area contributed by atoms with Crippen molar-refractivity contribution in [2.24, 2.45) is 0 Å². The summed E-state index contributed by atoms with van der Waals surface area (Å²) < 4.78 is 0. The van der Waals surface area contributed by atoms with Crippen molar-refractivity contribution in [3.05, 3.63) is 46.5 Å². The lowest BCUT2D eigenvalue weighted by Gasteiger charge is -2.09. The lowest BCUT2D eigenvalue weighted by atomic mass is 9.96. The maximum Gasteiger partial charge on any atom is 0.303 e. The second kappa shape index (κ2) is 6.74. The third kappa shape index (κ3) is 4.17. The summed E-state index contributed by atoms with van der Waals surface area (Å²) in [6.45, 7) is 3.72. The number of benzene rings is 1. The summed E-state index contributed by atoms with van der Waals surface area (Å²) in [6.07, 6.45) is 2.21. The van der Waals surface area contributed by atoms with Crippen molar-refractivity contribution in [3.8, 4) is 0 Å². The van der Waals surface area contributed by atoms with Crippen LogP contribution in [0.1, 0.15) is 31.4 Å². The van der Waals surface area contributed by atoms with Gasteiger partial charge >= 0.3 is 5.97 Å². The quantitative estimate of drug-likeness (QED) is 0.620. The monoisotopic (exact) mass is 246 g/mol. The normalized spacial score (nSPS) is 11.9. The van der Waals surface area contributed by atoms with Crippen LogP contribution in [0, 0.1) is 0 Å². The van der Waals surface area contributed by atoms with Gasteiger partial charge in [0, 0.05) is 6.42 Å². The van der Waals surface area contributed by atoms with Gasteiger partial charge in [-0.25, -0.2) is 0 Å². The molecule has 1 N–H and O–H groups in total. The van der Waals surface area contributed by atoms with Crippen molar-refractivity contribution in [2.75, 3.05) is 0 Å². The molecular weight excluding hydrogens is 228 g/mol. The van der Waals surface area contributed by atoms with E-state index in [2.05, 4.69) is 0 Å². The van der Waals surface area contributed by atoms with Gasteiger partial charge in [0.1, 0.15) is 6.29 Å². The second-order valence-corrected chi connectivity index (χ2v) is 4.42. The third-order valence-corrected chi connectivity index (χ3v) is 3.03. The van der Waals surface area contributed by atoms with E-state index in [1.54, 1.807) is 6.92 Å². The van der Waals surface area contributed by atoms with Gasteiger partial charge in [0.25, 0.3) is 0 Å². The van der Waals surface area contributed by atoms with Crippen LogP contribution in [0.5, 0.6) is 0 Å². The smallest absolute Gasteiger partial charge is 0.303 e. The minimum atomic E-state index is -0.791. The molecule has 3 nitrogen and oxygen atoms in total. The van der Waals surface area contributed by atoms with Gasteiger partial charge in [-0.3, -0.25) is 9.59 Å². The van der Waals surface area contributed by atoms with Crippen LogP contribution in [0.3, 0.4) is 0 Å². The van der Waals surface area contributed by atoms with E-state index in [4.69, 9.17) is 5.11 Å². The first-order valence-electron chi connectivity index (χ1n) is 5.94. The van der Waals surface area contributed by atoms with E-state index in [0.29, 0.717) is 12.8 Å². The fraction of sp³-hybridized carbons (Fsp3) is 0.333. The summed E-state index contributed by atoms with van der Waals surface area (Å²) in [7, 11) is 0. The lowest BCUT2D eigenvalue weighted by Crippen LogP contribution is -2.01. The molecular formula is C15H18O3. The molecule has 96 valence electrons. The summed E-state index contributed by atoms with van der Waals surface area (Å²) >= 11 is 0. The summed E-state index contributed by atoms with van der Waals surface area (Å²) in [5, 5.41) is 8.72. The molecule has 0 aromatic heterocycles. The maximum atomic E-state index is 10.7. The first-order valence-corrected chi connectivity index (χ1v) is 5.94. The zero-order chi connectivity index (χ0) is 13.5. The van der Waals surface area contributed by atoms with E-state index < -0.39 is 5.97 Å². The minimum absolute atomic E-state index is 0.131. The van der Waals surface area contributed by atoms with E-state index in [1.165, 1.54) is 0 Å². The summed E-state index contributed by atoms with van der Waals surface area (Å²) in [5.74, 6) is -0.791. The molecule has 0 bridgehead atoms. The zero-order valence-corrected chi connectivity index (χ0v) is 10.8. The van der Waals surface area contributed by atoms with Crippen LogP contribution in [0.15, 0.2) is 35.4 Å². The van der Waals surface area contributed by atoms with Crippen LogP contribution in [-0.2, 0) is 22.4 Å². The molecule has 18 heavy (non-hydrogen) atoms. The van der Waals surface area contributed by atoms with Gasteiger partial charge in [0.15, 0.2) is 0 Å². The average Bonchev–Trinajstić information content (AvgIpc) is 2.36. The van der Waals surface area contributed by atoms with Crippen LogP contribution in [-0.4, -0.2) is 17.4 Å². The van der Waals surface area contributed by atoms with E-state index in [9.17, 15) is 9.59 Å². The molecule has 0 aliphatic carbocycles. The number of hydrogen-bond acceptors (Lipinski definition) is 2. The Morgan fingerprint density at radius 3 is 2.39 bits per heavy atom. The number of rotatable bonds is 6. The predicted octanol–water partition coefficient (Wildman–Crippen LogP) is 2.78. The lowest BCUT2D eigenvalue weighted by molar-refractivity contribution is -0.136. The summed E-state index contributed by atoms with van der Waals surface area (Å²) in [6, 6.07) is 7.77. The number of hydrogen-bond donors (Lipinski definition) is 1. The molecule has 0 unspecified atom stereocenters. The van der Waals surface area contributed by atoms with Gasteiger partial charge in [0.05, 0.1) is 0 Å². The van der Waals surface area contributed by atoms with E-state index in [-0.39, 0.29) is 6.42 Å². The van der Waals surface area contributed by atoms with Gasteiger partial charge in [0.2, 0.25) is 0 Å². The number of carbonyl (C=O) groups is 2. The zero-order valence-electron chi connectivity index (χ0n) is 10.8. The minimum Gasteiger partial charge on any atom is -0.481 e. The van der Waals surface area contributed by atoms with Crippen LogP contribution in [0.4, 0.5) is 0 Å². The van der Waals surface area contributed by atoms with Gasteiger partial charge < -0.3 is 5.11 Å². The third-order valence-electron chi connectivity index (χ3n) is 3.03. The highest BCUT2D eigenvalue weighted by Crippen LogP contribution is 2.17. The number of aryl methyl sites for hydroxylation is 1. The molecule has 0 saturated heterocycles. The molecule has 0 amide bonds. The number of carboxylic acid groups (broad SMARTS) is 1. The summed E-state index contributed by atoms with van der Waals surface area (Å²) in [5.41, 5.74) is 3.89. The SMILES string of the molecule is CC(C=O)=C(C)Cc1ccccc1CCC(=O)O. The van der Waals surface area contributed by atoms with Gasteiger partial charge in [-0.15, -0.1) is 0 Å². The van der Waals surface area contributed by atoms with Gasteiger partial charge in [-0.1, -0.05) is 29.8 Å². The van der Waals surface area contributed by atoms with Crippen molar-refractivity contribution in [2.45, 2.75) is 33.1 Å². The first-order chi connectivity index (χ1) is 8.54. The van der Waals surface area contributed by atoms with E-state index in [0.717, 1.165) is 28.6 Å². The molecule has 1 aromatic carbocycles. The molecule has 0 heterocycles. The molecule has 3 heteroatoms. The van der Waals surface area contributed by atoms with Crippen molar-refractivity contribution >= 4 is 12.3 Å². The van der Waals surface area contributed by atoms with E-state index >= 15 is 0 Å². The van der Waals surface area contributed by atoms with Crippen LogP contribution in [0.25, 0.3) is 0 Å². The van der Waals surface area contributed by atoms with Gasteiger partial charge in [-0.05, 0) is 43.4 Å². The van der Waals surface area contributed by atoms with Crippen LogP contribution < -0.4 is 0 Å². The van der Waals surface area contributed by atoms with Crippen molar-refractivity contribution in [1.29, 1.82) is 0 Å². The standard InChI is InChI=1S/C15H18O3/c1-11(12(2)10-16)9-14-6-4-3-5-13(14)7-8-15(17)18/h3-6,10H,7-9H2,1-2H3,(H,17,18). The molecule has 0 spiro atoms. The number of aliphatic carboxylic acids is 1. The molecule has 0 aliphatic rings. The van der Waals surface area contributed by atoms with Crippen molar-refractivity contribution in [1.82, 2.24) is 0 Å². The Morgan fingerprint density at radius 2 is 1.83 bits per heavy atom. The second-order valence-electron chi connectivity index (χ2n) is 4.42. The van der Waals surface area contributed by atoms with E-state index in [1.807, 2.05) is 31.2 Å². The number of allylic oxidation sites excluding steroid dienone is 2. The molecule has 0 radical (unpaired) electrons. The highest BCUT2D eigenvalue weighted by atomic mass is 16.4. The Balaban J connectivity index is 2.88. The topological polar surface area (TPSA) is 54.4 Å². The fourth-order valence-electron chi connectivity index (χ4n) is 1.74. The number of aldehydes is 1. The summed E-state index contributed by atoms with van der Waals surface area (Å²) in [4.78, 5) is 21.3. The van der Waals surface area contributed by atoms with Crippen LogP contribution in [0.2, 0.25) is 0 Å². The number of carboxylic acids is 1. The molecule has 1 aromatic rings. The van der Waals surface area contributed by atoms with Crippen LogP contribution >= 0.6 is 0 Å². The van der Waals surface area contributed by atoms with Gasteiger partial charge in [-0.2, -0.15) is 0 Å². The highest BCUT2D eigenvalue weighted by Gasteiger charge is 2.06. The van der Waals surface area contributed by atoms with Crippen molar-refractivity contribution in [3.63, 3.8) is 0 Å². The largest absolute Gasteiger partial charge is 0.481 e. The Bertz CT molecular complexity index is 472. The Labute approximate surface area is 107 Å². The maximum absolute atomic E-state index is 10.7. The predicted molar refractivity (Wildman–Crippen MR) is 70.5 cm³/mol. The molecule has 0 fully saturated rings. The Morgan fingerprint density at radius 1 is 1.22 bits per heavy atom. The Kier molecular flexibility index (Phi) is 5.31. The molecule has 1 rings (SSSR count). The molecule has 0 atom stereocenters. The molecule has 0 saturated carbocycles. The average molecular weight is 246 g/mol. The Hall–Kier alpha value is -1.90.